The van der Waals surface area contributed by atoms with Crippen LogP contribution in [-0.4, -0.2) is 30.6 Å². The second-order valence-electron chi connectivity index (χ2n) is 6.74. The normalized spacial score (nSPS) is 15.9. The minimum absolute atomic E-state index is 0.0253. The van der Waals surface area contributed by atoms with Crippen molar-refractivity contribution in [2.75, 3.05) is 19.0 Å². The van der Waals surface area contributed by atoms with Gasteiger partial charge in [0, 0.05) is 17.0 Å². The third-order valence-corrected chi connectivity index (χ3v) is 5.55. The lowest BCUT2D eigenvalue weighted by molar-refractivity contribution is -0.115. The van der Waals surface area contributed by atoms with E-state index in [9.17, 15) is 4.79 Å². The smallest absolute Gasteiger partial charge is 0.240 e. The maximum Gasteiger partial charge on any atom is 0.240 e. The molecule has 1 saturated carbocycles. The number of carbonyl (C=O) groups is 1. The summed E-state index contributed by atoms with van der Waals surface area (Å²) in [6, 6.07) is 8.22. The standard InChI is InChI=1S/C20H27N3O2S/c1-25-17-11-9-15(10-12-17)18-14-26-20(22-18)23-19(24)13-21-16-7-5-3-2-4-6-8-16/h9-12,14,16,21H,2-8,13H2,1H3,(H,22,23,24). The summed E-state index contributed by atoms with van der Waals surface area (Å²) in [7, 11) is 1.65. The molecule has 26 heavy (non-hydrogen) atoms. The summed E-state index contributed by atoms with van der Waals surface area (Å²) in [5.41, 5.74) is 1.87. The van der Waals surface area contributed by atoms with E-state index in [1.165, 1.54) is 56.3 Å². The first-order valence-electron chi connectivity index (χ1n) is 9.38. The molecule has 2 N–H and O–H groups in total. The number of methoxy groups -OCH3 is 1. The molecule has 0 aliphatic heterocycles. The number of rotatable bonds is 6. The minimum atomic E-state index is -0.0253. The highest BCUT2D eigenvalue weighted by Crippen LogP contribution is 2.26. The monoisotopic (exact) mass is 373 g/mol. The van der Waals surface area contributed by atoms with E-state index in [2.05, 4.69) is 15.6 Å². The second-order valence-corrected chi connectivity index (χ2v) is 7.60. The maximum absolute atomic E-state index is 12.2. The maximum atomic E-state index is 12.2. The molecule has 140 valence electrons. The van der Waals surface area contributed by atoms with Gasteiger partial charge in [0.15, 0.2) is 5.13 Å². The summed E-state index contributed by atoms with van der Waals surface area (Å²) >= 11 is 1.45. The van der Waals surface area contributed by atoms with Gasteiger partial charge in [-0.25, -0.2) is 4.98 Å². The molecule has 0 unspecified atom stereocenters. The molecule has 1 amide bonds. The molecule has 0 bridgehead atoms. The van der Waals surface area contributed by atoms with Gasteiger partial charge in [0.25, 0.3) is 0 Å². The quantitative estimate of drug-likeness (QED) is 0.785. The van der Waals surface area contributed by atoms with Gasteiger partial charge in [-0.1, -0.05) is 32.1 Å². The number of ether oxygens (including phenoxy) is 1. The fraction of sp³-hybridized carbons (Fsp3) is 0.500. The van der Waals surface area contributed by atoms with Crippen LogP contribution in [0.25, 0.3) is 11.3 Å². The van der Waals surface area contributed by atoms with E-state index in [0.717, 1.165) is 17.0 Å². The summed E-state index contributed by atoms with van der Waals surface area (Å²) < 4.78 is 5.17. The Morgan fingerprint density at radius 3 is 2.54 bits per heavy atom. The Balaban J connectivity index is 1.49. The van der Waals surface area contributed by atoms with Gasteiger partial charge in [-0.2, -0.15) is 0 Å². The molecule has 1 aromatic carbocycles. The minimum Gasteiger partial charge on any atom is -0.497 e. The fourth-order valence-corrected chi connectivity index (χ4v) is 4.02. The lowest BCUT2D eigenvalue weighted by Gasteiger charge is -2.20. The summed E-state index contributed by atoms with van der Waals surface area (Å²) in [6.07, 6.45) is 8.86. The summed E-state index contributed by atoms with van der Waals surface area (Å²) in [5, 5.41) is 8.91. The Bertz CT molecular complexity index is 691. The number of anilines is 1. The lowest BCUT2D eigenvalue weighted by atomic mass is 9.97. The molecule has 0 spiro atoms. The van der Waals surface area contributed by atoms with E-state index in [0.29, 0.717) is 17.7 Å². The van der Waals surface area contributed by atoms with Crippen LogP contribution in [0.2, 0.25) is 0 Å². The van der Waals surface area contributed by atoms with Crippen molar-refractivity contribution in [1.29, 1.82) is 0 Å². The summed E-state index contributed by atoms with van der Waals surface area (Å²) in [4.78, 5) is 16.7. The van der Waals surface area contributed by atoms with E-state index in [1.807, 2.05) is 29.6 Å². The Hall–Kier alpha value is -1.92. The zero-order valence-corrected chi connectivity index (χ0v) is 16.1. The molecule has 6 heteroatoms. The third kappa shape index (κ3) is 5.54. The highest BCUT2D eigenvalue weighted by Gasteiger charge is 2.13. The van der Waals surface area contributed by atoms with Crippen LogP contribution in [0.3, 0.4) is 0 Å². The fourth-order valence-electron chi connectivity index (χ4n) is 3.29. The second kappa shape index (κ2) is 9.69. The van der Waals surface area contributed by atoms with Crippen molar-refractivity contribution in [2.24, 2.45) is 0 Å². The lowest BCUT2D eigenvalue weighted by Crippen LogP contribution is -2.36. The number of hydrogen-bond acceptors (Lipinski definition) is 5. The SMILES string of the molecule is COc1ccc(-c2csc(NC(=O)CNC3CCCCCCC3)n2)cc1. The van der Waals surface area contributed by atoms with E-state index in [1.54, 1.807) is 7.11 Å². The van der Waals surface area contributed by atoms with E-state index in [4.69, 9.17) is 4.74 Å². The van der Waals surface area contributed by atoms with Gasteiger partial charge in [0.2, 0.25) is 5.91 Å². The molecule has 1 heterocycles. The van der Waals surface area contributed by atoms with Crippen molar-refractivity contribution < 1.29 is 9.53 Å². The van der Waals surface area contributed by atoms with Gasteiger partial charge in [0.1, 0.15) is 5.75 Å². The largest absolute Gasteiger partial charge is 0.497 e. The van der Waals surface area contributed by atoms with Gasteiger partial charge >= 0.3 is 0 Å². The Morgan fingerprint density at radius 1 is 1.15 bits per heavy atom. The first kappa shape index (κ1) is 18.9. The van der Waals surface area contributed by atoms with Crippen LogP contribution in [-0.2, 0) is 4.79 Å². The number of nitrogens with zero attached hydrogens (tertiary/aromatic N) is 1. The summed E-state index contributed by atoms with van der Waals surface area (Å²) in [5.74, 6) is 0.792. The molecule has 5 nitrogen and oxygen atoms in total. The Morgan fingerprint density at radius 2 is 1.85 bits per heavy atom. The van der Waals surface area contributed by atoms with Crippen LogP contribution in [0.4, 0.5) is 5.13 Å². The van der Waals surface area contributed by atoms with Crippen LogP contribution in [0.5, 0.6) is 5.75 Å². The van der Waals surface area contributed by atoms with Crippen molar-refractivity contribution in [2.45, 2.75) is 51.0 Å². The predicted molar refractivity (Wildman–Crippen MR) is 107 cm³/mol. The Kier molecular flexibility index (Phi) is 7.03. The summed E-state index contributed by atoms with van der Waals surface area (Å²) in [6.45, 7) is 0.349. The molecule has 1 fully saturated rings. The van der Waals surface area contributed by atoms with Crippen LogP contribution < -0.4 is 15.4 Å². The van der Waals surface area contributed by atoms with Crippen molar-refractivity contribution in [3.63, 3.8) is 0 Å². The highest BCUT2D eigenvalue weighted by molar-refractivity contribution is 7.14. The van der Waals surface area contributed by atoms with Gasteiger partial charge in [-0.15, -0.1) is 11.3 Å². The van der Waals surface area contributed by atoms with Crippen LogP contribution in [0.15, 0.2) is 29.6 Å². The molecule has 1 aromatic heterocycles. The molecule has 1 aliphatic rings. The van der Waals surface area contributed by atoms with Gasteiger partial charge in [-0.3, -0.25) is 4.79 Å². The number of carbonyl (C=O) groups excluding carboxylic acids is 1. The van der Waals surface area contributed by atoms with Gasteiger partial charge in [-0.05, 0) is 37.1 Å². The zero-order valence-electron chi connectivity index (χ0n) is 15.3. The first-order valence-corrected chi connectivity index (χ1v) is 10.3. The number of amides is 1. The van der Waals surface area contributed by atoms with Crippen LogP contribution in [0, 0.1) is 0 Å². The highest BCUT2D eigenvalue weighted by atomic mass is 32.1. The molecule has 3 rings (SSSR count). The number of thiazole rings is 1. The number of nitrogens with one attached hydrogen (secondary N) is 2. The number of hydrogen-bond donors (Lipinski definition) is 2. The number of aromatic nitrogens is 1. The average molecular weight is 374 g/mol. The molecule has 2 aromatic rings. The predicted octanol–water partition coefficient (Wildman–Crippen LogP) is 4.46. The number of benzene rings is 1. The van der Waals surface area contributed by atoms with Crippen molar-refractivity contribution in [3.05, 3.63) is 29.6 Å². The van der Waals surface area contributed by atoms with Crippen molar-refractivity contribution in [3.8, 4) is 17.0 Å². The topological polar surface area (TPSA) is 63.2 Å². The van der Waals surface area contributed by atoms with E-state index < -0.39 is 0 Å². The molecule has 0 radical (unpaired) electrons. The molecule has 1 aliphatic carbocycles. The first-order chi connectivity index (χ1) is 12.7. The van der Waals surface area contributed by atoms with Crippen molar-refractivity contribution >= 4 is 22.4 Å². The van der Waals surface area contributed by atoms with E-state index in [-0.39, 0.29) is 5.91 Å². The van der Waals surface area contributed by atoms with Crippen molar-refractivity contribution in [1.82, 2.24) is 10.3 Å². The average Bonchev–Trinajstić information content (AvgIpc) is 3.09. The van der Waals surface area contributed by atoms with Crippen LogP contribution in [0.1, 0.15) is 44.9 Å². The van der Waals surface area contributed by atoms with Crippen LogP contribution >= 0.6 is 11.3 Å². The molecular weight excluding hydrogens is 346 g/mol. The van der Waals surface area contributed by atoms with Gasteiger partial charge in [0.05, 0.1) is 19.3 Å². The molecule has 0 atom stereocenters. The zero-order chi connectivity index (χ0) is 18.2. The molecule has 0 saturated heterocycles. The third-order valence-electron chi connectivity index (χ3n) is 4.79. The van der Waals surface area contributed by atoms with Gasteiger partial charge < -0.3 is 15.4 Å². The van der Waals surface area contributed by atoms with E-state index >= 15 is 0 Å². The molecular formula is C20H27N3O2S. The Labute approximate surface area is 159 Å².